The number of nitrogens with zero attached hydrogens (tertiary/aromatic N) is 1. The van der Waals surface area contributed by atoms with Gasteiger partial charge >= 0.3 is 0 Å². The quantitative estimate of drug-likeness (QED) is 0.732. The van der Waals surface area contributed by atoms with Crippen LogP contribution in [-0.4, -0.2) is 25.1 Å². The first kappa shape index (κ1) is 21.9. The zero-order chi connectivity index (χ0) is 21.3. The van der Waals surface area contributed by atoms with E-state index in [1.807, 2.05) is 20.8 Å². The van der Waals surface area contributed by atoms with Crippen molar-refractivity contribution in [2.75, 3.05) is 5.75 Å². The Bertz CT molecular complexity index is 985. The number of hydrogen-bond acceptors (Lipinski definition) is 4. The van der Waals surface area contributed by atoms with Crippen LogP contribution in [0, 0.1) is 22.9 Å². The van der Waals surface area contributed by atoms with Crippen molar-refractivity contribution in [2.24, 2.45) is 11.1 Å². The summed E-state index contributed by atoms with van der Waals surface area (Å²) in [5, 5.41) is -1.82. The monoisotopic (exact) mass is 414 g/mol. The van der Waals surface area contributed by atoms with Crippen LogP contribution in [-0.2, 0) is 9.84 Å². The number of aromatic nitrogens is 1. The van der Waals surface area contributed by atoms with Crippen molar-refractivity contribution >= 4 is 15.7 Å². The fourth-order valence-electron chi connectivity index (χ4n) is 2.61. The Hall–Kier alpha value is -2.42. The molecule has 1 atom stereocenters. The van der Waals surface area contributed by atoms with Crippen LogP contribution in [0.1, 0.15) is 54.1 Å². The smallest absolute Gasteiger partial charge is 0.267 e. The number of primary amides is 1. The number of carbonyl (C=O) groups is 1. The summed E-state index contributed by atoms with van der Waals surface area (Å²) in [6.07, 6.45) is 1.22. The minimum Gasteiger partial charge on any atom is -0.364 e. The molecule has 0 aliphatic rings. The van der Waals surface area contributed by atoms with Crippen LogP contribution in [0.15, 0.2) is 30.5 Å². The number of hydrogen-bond donors (Lipinski definition) is 1. The molecule has 9 heteroatoms. The van der Waals surface area contributed by atoms with Gasteiger partial charge in [0.2, 0.25) is 0 Å². The second-order valence-corrected chi connectivity index (χ2v) is 9.86. The first-order valence-electron chi connectivity index (χ1n) is 8.44. The van der Waals surface area contributed by atoms with Crippen molar-refractivity contribution in [3.05, 3.63) is 64.7 Å². The molecule has 0 saturated carbocycles. The normalized spacial score (nSPS) is 13.4. The minimum absolute atomic E-state index is 0.0951. The first-order valence-corrected chi connectivity index (χ1v) is 10.2. The molecule has 1 amide bonds. The Kier molecular flexibility index (Phi) is 6.18. The summed E-state index contributed by atoms with van der Waals surface area (Å²) in [7, 11) is -4.16. The average molecular weight is 414 g/mol. The number of amides is 1. The number of carbonyl (C=O) groups excluding carboxylic acids is 1. The van der Waals surface area contributed by atoms with Crippen LogP contribution in [0.5, 0.6) is 0 Å². The van der Waals surface area contributed by atoms with Gasteiger partial charge in [0.25, 0.3) is 5.91 Å². The van der Waals surface area contributed by atoms with Gasteiger partial charge in [-0.1, -0.05) is 26.8 Å². The summed E-state index contributed by atoms with van der Waals surface area (Å²) in [5.41, 5.74) is 3.60. The molecule has 2 aromatic rings. The zero-order valence-electron chi connectivity index (χ0n) is 15.7. The highest BCUT2D eigenvalue weighted by Gasteiger charge is 2.36. The fraction of sp³-hybridized carbons (Fsp3) is 0.368. The number of sulfone groups is 1. The molecule has 28 heavy (non-hydrogen) atoms. The van der Waals surface area contributed by atoms with Gasteiger partial charge in [0.1, 0.15) is 16.8 Å². The van der Waals surface area contributed by atoms with E-state index in [1.54, 1.807) is 0 Å². The molecule has 1 aromatic heterocycles. The van der Waals surface area contributed by atoms with Crippen LogP contribution in [0.3, 0.4) is 0 Å². The first-order chi connectivity index (χ1) is 12.8. The molecule has 1 heterocycles. The van der Waals surface area contributed by atoms with Crippen LogP contribution in [0.25, 0.3) is 0 Å². The fourth-order valence-corrected chi connectivity index (χ4v) is 4.87. The second kappa shape index (κ2) is 7.90. The molecule has 0 aliphatic carbocycles. The van der Waals surface area contributed by atoms with E-state index < -0.39 is 44.0 Å². The lowest BCUT2D eigenvalue weighted by Crippen LogP contribution is -2.24. The van der Waals surface area contributed by atoms with Crippen LogP contribution >= 0.6 is 0 Å². The van der Waals surface area contributed by atoms with Gasteiger partial charge in [-0.05, 0) is 35.6 Å². The SMILES string of the molecule is CC(C)(C)CCS(=O)(=O)C(c1ccc(C(N)=O)nc1)c1c(F)ccc(F)c1F. The highest BCUT2D eigenvalue weighted by molar-refractivity contribution is 7.91. The molecule has 5 nitrogen and oxygen atoms in total. The molecule has 2 rings (SSSR count). The molecule has 1 aromatic carbocycles. The average Bonchev–Trinajstić information content (AvgIpc) is 2.60. The molecule has 0 bridgehead atoms. The minimum atomic E-state index is -4.16. The molecule has 0 radical (unpaired) electrons. The lowest BCUT2D eigenvalue weighted by molar-refractivity contribution is 0.0995. The topological polar surface area (TPSA) is 90.1 Å². The Morgan fingerprint density at radius 3 is 2.21 bits per heavy atom. The van der Waals surface area contributed by atoms with Crippen molar-refractivity contribution in [3.63, 3.8) is 0 Å². The zero-order valence-corrected chi connectivity index (χ0v) is 16.5. The van der Waals surface area contributed by atoms with Gasteiger partial charge < -0.3 is 5.73 Å². The molecule has 152 valence electrons. The molecule has 2 N–H and O–H groups in total. The summed E-state index contributed by atoms with van der Waals surface area (Å²) < 4.78 is 68.7. The van der Waals surface area contributed by atoms with Crippen molar-refractivity contribution in [3.8, 4) is 0 Å². The van der Waals surface area contributed by atoms with Crippen molar-refractivity contribution in [1.29, 1.82) is 0 Å². The van der Waals surface area contributed by atoms with Gasteiger partial charge in [0.15, 0.2) is 21.5 Å². The van der Waals surface area contributed by atoms with Gasteiger partial charge in [-0.25, -0.2) is 21.6 Å². The summed E-state index contributed by atoms with van der Waals surface area (Å²) in [6, 6.07) is 3.60. The number of halogens is 3. The Morgan fingerprint density at radius 2 is 1.71 bits per heavy atom. The van der Waals surface area contributed by atoms with Crippen molar-refractivity contribution in [1.82, 2.24) is 4.98 Å². The van der Waals surface area contributed by atoms with Crippen LogP contribution < -0.4 is 5.73 Å². The number of benzene rings is 1. The molecule has 0 fully saturated rings. The van der Waals surface area contributed by atoms with E-state index in [4.69, 9.17) is 5.73 Å². The number of rotatable bonds is 6. The molecule has 1 unspecified atom stereocenters. The van der Waals surface area contributed by atoms with Crippen LogP contribution in [0.4, 0.5) is 13.2 Å². The third-order valence-corrected chi connectivity index (χ3v) is 6.18. The predicted molar refractivity (Wildman–Crippen MR) is 98.8 cm³/mol. The maximum absolute atomic E-state index is 14.4. The van der Waals surface area contributed by atoms with E-state index in [0.29, 0.717) is 12.1 Å². The summed E-state index contributed by atoms with van der Waals surface area (Å²) in [6.45, 7) is 5.47. The number of nitrogens with two attached hydrogens (primary N) is 1. The molecule has 0 aliphatic heterocycles. The summed E-state index contributed by atoms with van der Waals surface area (Å²) >= 11 is 0. The van der Waals surface area contributed by atoms with E-state index in [1.165, 1.54) is 6.07 Å². The third kappa shape index (κ3) is 4.89. The second-order valence-electron chi connectivity index (χ2n) is 7.66. The molecular weight excluding hydrogens is 393 g/mol. The van der Waals surface area contributed by atoms with Gasteiger partial charge in [-0.3, -0.25) is 9.78 Å². The Morgan fingerprint density at radius 1 is 1.11 bits per heavy atom. The van der Waals surface area contributed by atoms with Crippen LogP contribution in [0.2, 0.25) is 0 Å². The Labute approximate surface area is 161 Å². The van der Waals surface area contributed by atoms with E-state index >= 15 is 0 Å². The summed E-state index contributed by atoms with van der Waals surface area (Å²) in [5.74, 6) is -5.37. The van der Waals surface area contributed by atoms with Crippen molar-refractivity contribution < 1.29 is 26.4 Å². The molecule has 0 spiro atoms. The van der Waals surface area contributed by atoms with E-state index in [-0.39, 0.29) is 28.8 Å². The van der Waals surface area contributed by atoms with Gasteiger partial charge in [-0.2, -0.15) is 0 Å². The third-order valence-electron chi connectivity index (χ3n) is 4.18. The predicted octanol–water partition coefficient (Wildman–Crippen LogP) is 3.54. The summed E-state index contributed by atoms with van der Waals surface area (Å²) in [4.78, 5) is 14.9. The highest BCUT2D eigenvalue weighted by Crippen LogP contribution is 2.36. The van der Waals surface area contributed by atoms with E-state index in [2.05, 4.69) is 4.98 Å². The number of pyridine rings is 1. The maximum atomic E-state index is 14.4. The largest absolute Gasteiger partial charge is 0.364 e. The lowest BCUT2D eigenvalue weighted by atomic mass is 9.94. The Balaban J connectivity index is 2.66. The van der Waals surface area contributed by atoms with E-state index in [0.717, 1.165) is 12.3 Å². The highest BCUT2D eigenvalue weighted by atomic mass is 32.2. The standard InChI is InChI=1S/C19H21F3N2O3S/c1-19(2,3)8-9-28(26,27)17(11-4-7-14(18(23)25)24-10-11)15-12(20)5-6-13(21)16(15)22/h4-7,10,17H,8-9H2,1-3H3,(H2,23,25). The van der Waals surface area contributed by atoms with Gasteiger partial charge in [0, 0.05) is 11.8 Å². The van der Waals surface area contributed by atoms with Gasteiger partial charge in [-0.15, -0.1) is 0 Å². The lowest BCUT2D eigenvalue weighted by Gasteiger charge is -2.23. The van der Waals surface area contributed by atoms with Gasteiger partial charge in [0.05, 0.1) is 5.75 Å². The van der Waals surface area contributed by atoms with E-state index in [9.17, 15) is 26.4 Å². The van der Waals surface area contributed by atoms with Crippen molar-refractivity contribution in [2.45, 2.75) is 32.4 Å². The molecular formula is C19H21F3N2O3S. The molecule has 0 saturated heterocycles. The maximum Gasteiger partial charge on any atom is 0.267 e.